The van der Waals surface area contributed by atoms with Crippen molar-refractivity contribution in [2.24, 2.45) is 0 Å². The molecule has 0 bridgehead atoms. The van der Waals surface area contributed by atoms with Gasteiger partial charge in [-0.1, -0.05) is 18.2 Å². The number of halogens is 1. The third-order valence-electron chi connectivity index (χ3n) is 3.25. The third kappa shape index (κ3) is 3.40. The first-order chi connectivity index (χ1) is 8.20. The lowest BCUT2D eigenvalue weighted by Gasteiger charge is -2.28. The molecule has 0 aliphatic carbocycles. The summed E-state index contributed by atoms with van der Waals surface area (Å²) in [6.07, 6.45) is 1.20. The minimum Gasteiger partial charge on any atom is -0.299 e. The first-order valence-corrected chi connectivity index (χ1v) is 7.66. The molecule has 1 aromatic carbocycles. The van der Waals surface area contributed by atoms with Crippen LogP contribution in [0.1, 0.15) is 19.4 Å². The van der Waals surface area contributed by atoms with E-state index >= 15 is 0 Å². The van der Waals surface area contributed by atoms with Gasteiger partial charge < -0.3 is 0 Å². The molecule has 1 unspecified atom stereocenters. The van der Waals surface area contributed by atoms with E-state index in [0.717, 1.165) is 19.0 Å². The lowest BCUT2D eigenvalue weighted by Crippen LogP contribution is -2.37. The van der Waals surface area contributed by atoms with Crippen LogP contribution in [0.4, 0.5) is 0 Å². The maximum absolute atomic E-state index is 5.87. The van der Waals surface area contributed by atoms with E-state index in [9.17, 15) is 0 Å². The molecule has 1 heterocycles. The van der Waals surface area contributed by atoms with Gasteiger partial charge in [-0.05, 0) is 31.9 Å². The predicted molar refractivity (Wildman–Crippen MR) is 77.2 cm³/mol. The fraction of sp³-hybridized carbons (Fsp3) is 0.571. The van der Waals surface area contributed by atoms with E-state index in [1.165, 1.54) is 16.9 Å². The van der Waals surface area contributed by atoms with Gasteiger partial charge in [0.2, 0.25) is 0 Å². The molecule has 1 aliphatic rings. The molecule has 0 saturated heterocycles. The number of nitrogens with zero attached hydrogens (tertiary/aromatic N) is 1. The van der Waals surface area contributed by atoms with Crippen LogP contribution >= 0.6 is 23.4 Å². The van der Waals surface area contributed by atoms with Gasteiger partial charge in [-0.3, -0.25) is 4.90 Å². The maximum atomic E-state index is 5.87. The van der Waals surface area contributed by atoms with Crippen LogP contribution in [0.3, 0.4) is 0 Å². The van der Waals surface area contributed by atoms with E-state index in [2.05, 4.69) is 43.0 Å². The number of thioether (sulfide) groups is 1. The molecule has 0 aromatic heterocycles. The minimum absolute atomic E-state index is 0.582. The highest BCUT2D eigenvalue weighted by atomic mass is 35.5. The third-order valence-corrected chi connectivity index (χ3v) is 4.72. The molecule has 0 fully saturated rings. The van der Waals surface area contributed by atoms with Crippen molar-refractivity contribution in [3.8, 4) is 0 Å². The van der Waals surface area contributed by atoms with Crippen molar-refractivity contribution in [2.45, 2.75) is 36.5 Å². The van der Waals surface area contributed by atoms with Crippen LogP contribution in [0.5, 0.6) is 0 Å². The molecular weight excluding hydrogens is 250 g/mol. The van der Waals surface area contributed by atoms with Crippen molar-refractivity contribution < 1.29 is 0 Å². The second-order valence-corrected chi connectivity index (χ2v) is 6.55. The van der Waals surface area contributed by atoms with Gasteiger partial charge in [0.25, 0.3) is 0 Å². The molecule has 94 valence electrons. The van der Waals surface area contributed by atoms with E-state index in [0.29, 0.717) is 11.3 Å². The topological polar surface area (TPSA) is 3.24 Å². The van der Waals surface area contributed by atoms with Gasteiger partial charge in [0.05, 0.1) is 0 Å². The summed E-state index contributed by atoms with van der Waals surface area (Å²) in [6, 6.07) is 9.34. The molecule has 0 spiro atoms. The summed E-state index contributed by atoms with van der Waals surface area (Å²) in [7, 11) is 0. The average Bonchev–Trinajstić information content (AvgIpc) is 2.70. The van der Waals surface area contributed by atoms with Crippen LogP contribution in [-0.2, 0) is 6.42 Å². The smallest absolute Gasteiger partial charge is 0.0351 e. The number of rotatable bonds is 5. The van der Waals surface area contributed by atoms with E-state index < -0.39 is 0 Å². The van der Waals surface area contributed by atoms with Gasteiger partial charge in [-0.25, -0.2) is 0 Å². The molecule has 0 saturated carbocycles. The summed E-state index contributed by atoms with van der Waals surface area (Å²) in [5, 5.41) is 0.693. The first kappa shape index (κ1) is 13.3. The Bertz CT molecular complexity index is 342. The quantitative estimate of drug-likeness (QED) is 0.751. The molecule has 3 heteroatoms. The van der Waals surface area contributed by atoms with Crippen LogP contribution in [0.2, 0.25) is 0 Å². The minimum atomic E-state index is 0.582. The van der Waals surface area contributed by atoms with Gasteiger partial charge >= 0.3 is 0 Å². The normalized spacial score (nSPS) is 19.0. The van der Waals surface area contributed by atoms with Crippen molar-refractivity contribution in [2.75, 3.05) is 19.0 Å². The van der Waals surface area contributed by atoms with E-state index in [4.69, 9.17) is 11.6 Å². The Morgan fingerprint density at radius 3 is 2.82 bits per heavy atom. The summed E-state index contributed by atoms with van der Waals surface area (Å²) in [5.41, 5.74) is 1.51. The van der Waals surface area contributed by atoms with Gasteiger partial charge in [0, 0.05) is 35.2 Å². The number of hydrogen-bond donors (Lipinski definition) is 0. The molecule has 1 aromatic rings. The zero-order chi connectivity index (χ0) is 12.3. The van der Waals surface area contributed by atoms with Crippen LogP contribution in [0.25, 0.3) is 0 Å². The lowest BCUT2D eigenvalue weighted by molar-refractivity contribution is 0.236. The van der Waals surface area contributed by atoms with Crippen molar-refractivity contribution in [3.05, 3.63) is 29.8 Å². The summed E-state index contributed by atoms with van der Waals surface area (Å²) in [4.78, 5) is 3.95. The monoisotopic (exact) mass is 269 g/mol. The highest BCUT2D eigenvalue weighted by Crippen LogP contribution is 2.37. The molecule has 0 amide bonds. The van der Waals surface area contributed by atoms with Gasteiger partial charge in [-0.2, -0.15) is 0 Å². The van der Waals surface area contributed by atoms with E-state index in [-0.39, 0.29) is 0 Å². The summed E-state index contributed by atoms with van der Waals surface area (Å²) in [5.74, 6) is 0.725. The Morgan fingerprint density at radius 2 is 2.18 bits per heavy atom. The predicted octanol–water partition coefficient (Wildman–Crippen LogP) is 3.65. The highest BCUT2D eigenvalue weighted by Gasteiger charge is 2.24. The van der Waals surface area contributed by atoms with Gasteiger partial charge in [0.15, 0.2) is 0 Å². The zero-order valence-corrected chi connectivity index (χ0v) is 12.1. The van der Waals surface area contributed by atoms with Crippen LogP contribution in [0, 0.1) is 0 Å². The Kier molecular flexibility index (Phi) is 4.78. The SMILES string of the molecule is CC(C)N(CCCl)CC1Cc2ccccc2S1. The van der Waals surface area contributed by atoms with Crippen LogP contribution < -0.4 is 0 Å². The fourth-order valence-corrected chi connectivity index (χ4v) is 3.85. The second-order valence-electron chi connectivity index (χ2n) is 4.83. The summed E-state index contributed by atoms with van der Waals surface area (Å²) >= 11 is 7.89. The Balaban J connectivity index is 1.94. The van der Waals surface area contributed by atoms with Crippen LogP contribution in [0.15, 0.2) is 29.2 Å². The van der Waals surface area contributed by atoms with Crippen molar-refractivity contribution in [1.29, 1.82) is 0 Å². The van der Waals surface area contributed by atoms with E-state index in [1.54, 1.807) is 0 Å². The van der Waals surface area contributed by atoms with Crippen molar-refractivity contribution >= 4 is 23.4 Å². The standard InChI is InChI=1S/C14H20ClNS/c1-11(2)16(8-7-15)10-13-9-12-5-3-4-6-14(12)17-13/h3-6,11,13H,7-10H2,1-2H3. The number of alkyl halides is 1. The second kappa shape index (κ2) is 6.12. The highest BCUT2D eigenvalue weighted by molar-refractivity contribution is 8.00. The zero-order valence-electron chi connectivity index (χ0n) is 10.5. The Hall–Kier alpha value is -0.180. The average molecular weight is 270 g/mol. The molecule has 0 radical (unpaired) electrons. The maximum Gasteiger partial charge on any atom is 0.0351 e. The van der Waals surface area contributed by atoms with E-state index in [1.807, 2.05) is 11.8 Å². The first-order valence-electron chi connectivity index (χ1n) is 6.25. The summed E-state index contributed by atoms with van der Waals surface area (Å²) in [6.45, 7) is 6.63. The molecule has 17 heavy (non-hydrogen) atoms. The largest absolute Gasteiger partial charge is 0.299 e. The number of benzene rings is 1. The molecule has 0 N–H and O–H groups in total. The molecular formula is C14H20ClNS. The van der Waals surface area contributed by atoms with Gasteiger partial charge in [-0.15, -0.1) is 23.4 Å². The number of hydrogen-bond acceptors (Lipinski definition) is 2. The molecule has 1 aliphatic heterocycles. The van der Waals surface area contributed by atoms with Crippen molar-refractivity contribution in [1.82, 2.24) is 4.90 Å². The van der Waals surface area contributed by atoms with Crippen LogP contribution in [-0.4, -0.2) is 35.2 Å². The fourth-order valence-electron chi connectivity index (χ4n) is 2.29. The summed E-state index contributed by atoms with van der Waals surface area (Å²) < 4.78 is 0. The lowest BCUT2D eigenvalue weighted by atomic mass is 10.1. The molecule has 2 rings (SSSR count). The van der Waals surface area contributed by atoms with Gasteiger partial charge in [0.1, 0.15) is 0 Å². The Labute approximate surface area is 114 Å². The molecule has 1 atom stereocenters. The molecule has 1 nitrogen and oxygen atoms in total. The number of fused-ring (bicyclic) bond motifs is 1. The Morgan fingerprint density at radius 1 is 1.41 bits per heavy atom. The van der Waals surface area contributed by atoms with Crippen molar-refractivity contribution in [3.63, 3.8) is 0 Å².